The zero-order valence-electron chi connectivity index (χ0n) is 16.6. The molecule has 1 spiro atoms. The van der Waals surface area contributed by atoms with E-state index < -0.39 is 0 Å². The van der Waals surface area contributed by atoms with Crippen molar-refractivity contribution < 1.29 is 14.3 Å². The number of amides is 2. The molecule has 2 unspecified atom stereocenters. The zero-order valence-corrected chi connectivity index (χ0v) is 16.6. The van der Waals surface area contributed by atoms with Crippen molar-refractivity contribution in [2.45, 2.75) is 88.4 Å². The fraction of sp³-hybridized carbons (Fsp3) is 0.905. The maximum absolute atomic E-state index is 12.7. The van der Waals surface area contributed by atoms with E-state index in [2.05, 4.69) is 9.80 Å². The van der Waals surface area contributed by atoms with Gasteiger partial charge in [-0.15, -0.1) is 0 Å². The molecule has 150 valence electrons. The number of hydrogen-bond donors (Lipinski definition) is 0. The smallest absolute Gasteiger partial charge is 0.410 e. The number of piperidine rings is 1. The van der Waals surface area contributed by atoms with Crippen molar-refractivity contribution in [3.63, 3.8) is 0 Å². The molecule has 0 radical (unpaired) electrons. The molecule has 4 heterocycles. The topological polar surface area (TPSA) is 53.1 Å². The molecule has 5 fully saturated rings. The highest BCUT2D eigenvalue weighted by Crippen LogP contribution is 2.47. The monoisotopic (exact) mass is 375 g/mol. The molecule has 4 saturated heterocycles. The van der Waals surface area contributed by atoms with E-state index in [-0.39, 0.29) is 6.09 Å². The number of fused-ring (bicyclic) bond motifs is 2. The summed E-state index contributed by atoms with van der Waals surface area (Å²) >= 11 is 0. The Hall–Kier alpha value is -1.30. The summed E-state index contributed by atoms with van der Waals surface area (Å²) in [6, 6.07) is 1.29. The van der Waals surface area contributed by atoms with Crippen LogP contribution in [0.5, 0.6) is 0 Å². The van der Waals surface area contributed by atoms with Crippen molar-refractivity contribution in [3.05, 3.63) is 0 Å². The van der Waals surface area contributed by atoms with E-state index in [1.807, 2.05) is 11.8 Å². The number of rotatable bonds is 4. The molecule has 2 atom stereocenters. The minimum absolute atomic E-state index is 0.116. The van der Waals surface area contributed by atoms with E-state index >= 15 is 0 Å². The van der Waals surface area contributed by atoms with Crippen LogP contribution in [0.2, 0.25) is 0 Å². The second kappa shape index (κ2) is 6.64. The second-order valence-corrected chi connectivity index (χ2v) is 9.51. The number of carbonyl (C=O) groups is 2. The van der Waals surface area contributed by atoms with Gasteiger partial charge in [0.2, 0.25) is 5.91 Å². The predicted molar refractivity (Wildman–Crippen MR) is 101 cm³/mol. The van der Waals surface area contributed by atoms with Crippen LogP contribution in [-0.4, -0.2) is 76.6 Å². The zero-order chi connectivity index (χ0) is 18.6. The molecule has 5 aliphatic rings. The van der Waals surface area contributed by atoms with Crippen molar-refractivity contribution in [1.82, 2.24) is 14.7 Å². The third-order valence-electron chi connectivity index (χ3n) is 8.11. The number of nitrogens with zero attached hydrogens (tertiary/aromatic N) is 3. The third-order valence-corrected chi connectivity index (χ3v) is 8.11. The van der Waals surface area contributed by atoms with Crippen molar-refractivity contribution in [3.8, 4) is 0 Å². The maximum Gasteiger partial charge on any atom is 0.410 e. The van der Waals surface area contributed by atoms with Gasteiger partial charge in [-0.25, -0.2) is 4.79 Å². The lowest BCUT2D eigenvalue weighted by Gasteiger charge is -2.59. The molecule has 27 heavy (non-hydrogen) atoms. The Balaban J connectivity index is 1.10. The Morgan fingerprint density at radius 2 is 1.74 bits per heavy atom. The van der Waals surface area contributed by atoms with Crippen LogP contribution in [0.3, 0.4) is 0 Å². The molecular weight excluding hydrogens is 342 g/mol. The van der Waals surface area contributed by atoms with Gasteiger partial charge in [-0.05, 0) is 64.2 Å². The minimum Gasteiger partial charge on any atom is -0.450 e. The molecule has 5 rings (SSSR count). The van der Waals surface area contributed by atoms with Gasteiger partial charge in [0.25, 0.3) is 0 Å². The summed E-state index contributed by atoms with van der Waals surface area (Å²) < 4.78 is 5.26. The highest BCUT2D eigenvalue weighted by atomic mass is 16.6. The van der Waals surface area contributed by atoms with Crippen LogP contribution in [0.4, 0.5) is 4.79 Å². The van der Waals surface area contributed by atoms with Gasteiger partial charge in [-0.2, -0.15) is 0 Å². The van der Waals surface area contributed by atoms with Gasteiger partial charge in [0.05, 0.1) is 6.61 Å². The highest BCUT2D eigenvalue weighted by molar-refractivity contribution is 5.78. The van der Waals surface area contributed by atoms with Crippen molar-refractivity contribution in [2.24, 2.45) is 5.92 Å². The first-order chi connectivity index (χ1) is 13.1. The molecule has 2 bridgehead atoms. The predicted octanol–water partition coefficient (Wildman–Crippen LogP) is 2.62. The number of carbonyl (C=O) groups excluding carboxylic acids is 2. The molecule has 4 aliphatic heterocycles. The summed E-state index contributed by atoms with van der Waals surface area (Å²) in [5, 5.41) is 0. The van der Waals surface area contributed by atoms with Crippen molar-refractivity contribution in [2.75, 3.05) is 26.2 Å². The van der Waals surface area contributed by atoms with E-state index in [0.29, 0.717) is 42.1 Å². The first-order valence-corrected chi connectivity index (χ1v) is 11.1. The van der Waals surface area contributed by atoms with Gasteiger partial charge in [0.15, 0.2) is 0 Å². The minimum atomic E-state index is -0.116. The summed E-state index contributed by atoms with van der Waals surface area (Å²) in [7, 11) is 0. The Morgan fingerprint density at radius 3 is 2.26 bits per heavy atom. The van der Waals surface area contributed by atoms with Gasteiger partial charge in [0, 0.05) is 49.7 Å². The first kappa shape index (κ1) is 17.8. The van der Waals surface area contributed by atoms with Crippen LogP contribution < -0.4 is 0 Å². The molecule has 0 aromatic rings. The lowest BCUT2D eigenvalue weighted by atomic mass is 9.67. The Morgan fingerprint density at radius 1 is 1.04 bits per heavy atom. The van der Waals surface area contributed by atoms with Gasteiger partial charge < -0.3 is 14.5 Å². The molecule has 0 aromatic heterocycles. The van der Waals surface area contributed by atoms with E-state index in [0.717, 1.165) is 51.7 Å². The Kier molecular flexibility index (Phi) is 4.37. The lowest BCUT2D eigenvalue weighted by Crippen LogP contribution is -2.66. The van der Waals surface area contributed by atoms with Crippen molar-refractivity contribution in [1.29, 1.82) is 0 Å². The molecule has 0 N–H and O–H groups in total. The fourth-order valence-corrected chi connectivity index (χ4v) is 6.37. The average molecular weight is 376 g/mol. The van der Waals surface area contributed by atoms with Crippen LogP contribution in [0.25, 0.3) is 0 Å². The van der Waals surface area contributed by atoms with Gasteiger partial charge in [-0.3, -0.25) is 9.69 Å². The van der Waals surface area contributed by atoms with Gasteiger partial charge in [0.1, 0.15) is 0 Å². The normalized spacial score (nSPS) is 34.8. The summed E-state index contributed by atoms with van der Waals surface area (Å²) in [4.78, 5) is 31.7. The number of hydrogen-bond acceptors (Lipinski definition) is 4. The molecule has 1 saturated carbocycles. The summed E-state index contributed by atoms with van der Waals surface area (Å²) in [6.07, 6.45) is 10.0. The van der Waals surface area contributed by atoms with E-state index in [4.69, 9.17) is 4.74 Å². The van der Waals surface area contributed by atoms with Crippen LogP contribution in [0.15, 0.2) is 0 Å². The van der Waals surface area contributed by atoms with Crippen LogP contribution >= 0.6 is 0 Å². The van der Waals surface area contributed by atoms with E-state index in [9.17, 15) is 9.59 Å². The fourth-order valence-electron chi connectivity index (χ4n) is 6.37. The number of likely N-dealkylation sites (tertiary alicyclic amines) is 2. The first-order valence-electron chi connectivity index (χ1n) is 11.1. The lowest BCUT2D eigenvalue weighted by molar-refractivity contribution is -0.158. The van der Waals surface area contributed by atoms with E-state index in [1.54, 1.807) is 0 Å². The molecule has 6 nitrogen and oxygen atoms in total. The highest BCUT2D eigenvalue weighted by Gasteiger charge is 2.52. The third kappa shape index (κ3) is 2.86. The molecule has 0 aromatic carbocycles. The molecule has 6 heteroatoms. The van der Waals surface area contributed by atoms with Gasteiger partial charge in [-0.1, -0.05) is 0 Å². The standard InChI is InChI=1S/C21H33N3O3/c1-2-27-20(26)24-16-4-5-17(24)12-18(11-16)22-13-15(14-22)10-19(25)23-9-8-21(23)6-3-7-21/h15-18H,2-14H2,1H3. The largest absolute Gasteiger partial charge is 0.450 e. The molecular formula is C21H33N3O3. The Bertz CT molecular complexity index is 594. The second-order valence-electron chi connectivity index (χ2n) is 9.51. The van der Waals surface area contributed by atoms with Crippen LogP contribution in [0.1, 0.15) is 64.7 Å². The van der Waals surface area contributed by atoms with Crippen molar-refractivity contribution >= 4 is 12.0 Å². The molecule has 2 amide bonds. The SMILES string of the molecule is CCOC(=O)N1C2CCC1CC(N1CC(CC(=O)N3CCC34CCC4)C1)C2. The average Bonchev–Trinajstić information content (AvgIpc) is 2.79. The molecule has 1 aliphatic carbocycles. The quantitative estimate of drug-likeness (QED) is 0.758. The van der Waals surface area contributed by atoms with Crippen LogP contribution in [0, 0.1) is 5.92 Å². The number of ether oxygens (including phenoxy) is 1. The summed E-state index contributed by atoms with van der Waals surface area (Å²) in [5.41, 5.74) is 0.291. The van der Waals surface area contributed by atoms with E-state index in [1.165, 1.54) is 25.7 Å². The summed E-state index contributed by atoms with van der Waals surface area (Å²) in [5.74, 6) is 0.943. The maximum atomic E-state index is 12.7. The summed E-state index contributed by atoms with van der Waals surface area (Å²) in [6.45, 7) is 5.45. The Labute approximate surface area is 162 Å². The van der Waals surface area contributed by atoms with Gasteiger partial charge >= 0.3 is 6.09 Å². The van der Waals surface area contributed by atoms with Crippen LogP contribution in [-0.2, 0) is 9.53 Å².